The molecule has 0 N–H and O–H groups in total. The van der Waals surface area contributed by atoms with E-state index in [1.807, 2.05) is 0 Å². The monoisotopic (exact) mass is 612 g/mol. The molecule has 0 amide bonds. The SMILES string of the molecule is C=C(C)C(=O)SCC1CSC(CSC2CCCC(SCC3SCC(CSC(=O)C(=C)C)S3)C2)S1. The van der Waals surface area contributed by atoms with Crippen LogP contribution in [-0.2, 0) is 9.59 Å². The van der Waals surface area contributed by atoms with E-state index < -0.39 is 0 Å². The van der Waals surface area contributed by atoms with Gasteiger partial charge in [-0.2, -0.15) is 23.5 Å². The van der Waals surface area contributed by atoms with Gasteiger partial charge in [-0.3, -0.25) is 9.59 Å². The van der Waals surface area contributed by atoms with Gasteiger partial charge in [-0.25, -0.2) is 0 Å². The Bertz CT molecular complexity index is 672. The first-order valence-corrected chi connectivity index (χ1v) is 19.8. The van der Waals surface area contributed by atoms with E-state index in [4.69, 9.17) is 0 Å². The van der Waals surface area contributed by atoms with Crippen molar-refractivity contribution in [3.63, 3.8) is 0 Å². The molecule has 3 rings (SSSR count). The topological polar surface area (TPSA) is 34.1 Å². The van der Waals surface area contributed by atoms with Gasteiger partial charge in [0.05, 0.1) is 9.16 Å². The summed E-state index contributed by atoms with van der Waals surface area (Å²) in [5.41, 5.74) is 1.33. The fourth-order valence-corrected chi connectivity index (χ4v) is 16.3. The van der Waals surface area contributed by atoms with E-state index >= 15 is 0 Å². The van der Waals surface area contributed by atoms with Gasteiger partial charge < -0.3 is 0 Å². The standard InChI is InChI=1S/C24H36O2S8/c1-15(2)23(25)31-11-19-9-29-21(33-19)13-27-17-6-5-7-18(8-17)28-14-22-30-10-20(34-22)12-32-24(26)16(3)4/h17-22H,1,3,5-14H2,2,4H3. The van der Waals surface area contributed by atoms with Crippen LogP contribution in [0.1, 0.15) is 39.5 Å². The van der Waals surface area contributed by atoms with Crippen molar-refractivity contribution in [1.82, 2.24) is 0 Å². The molecule has 3 fully saturated rings. The molecule has 0 aromatic rings. The highest BCUT2D eigenvalue weighted by atomic mass is 32.2. The molecule has 2 saturated heterocycles. The molecule has 0 aromatic heterocycles. The molecule has 2 aliphatic heterocycles. The molecule has 6 unspecified atom stereocenters. The van der Waals surface area contributed by atoms with Crippen LogP contribution in [-0.4, -0.2) is 74.9 Å². The van der Waals surface area contributed by atoms with E-state index in [1.54, 1.807) is 13.8 Å². The molecule has 1 saturated carbocycles. The highest BCUT2D eigenvalue weighted by molar-refractivity contribution is 8.23. The van der Waals surface area contributed by atoms with Crippen molar-refractivity contribution in [2.45, 2.75) is 69.7 Å². The number of carbonyl (C=O) groups excluding carboxylic acids is 2. The first kappa shape index (κ1) is 30.2. The minimum Gasteiger partial charge on any atom is -0.282 e. The summed E-state index contributed by atoms with van der Waals surface area (Å²) in [4.78, 5) is 23.6. The van der Waals surface area contributed by atoms with Crippen molar-refractivity contribution >= 4 is 104 Å². The van der Waals surface area contributed by atoms with Crippen LogP contribution in [0.4, 0.5) is 0 Å². The minimum atomic E-state index is 0.149. The van der Waals surface area contributed by atoms with E-state index in [1.165, 1.54) is 72.2 Å². The zero-order valence-corrected chi connectivity index (χ0v) is 26.6. The van der Waals surface area contributed by atoms with E-state index in [0.29, 0.717) is 30.8 Å². The zero-order chi connectivity index (χ0) is 24.5. The molecule has 34 heavy (non-hydrogen) atoms. The van der Waals surface area contributed by atoms with Gasteiger partial charge in [0.1, 0.15) is 0 Å². The Morgan fingerprint density at radius 2 is 1.21 bits per heavy atom. The van der Waals surface area contributed by atoms with Crippen molar-refractivity contribution in [2.75, 3.05) is 34.5 Å². The van der Waals surface area contributed by atoms with Crippen LogP contribution in [0.5, 0.6) is 0 Å². The number of thioether (sulfide) groups is 8. The third-order valence-electron chi connectivity index (χ3n) is 5.64. The maximum Gasteiger partial charge on any atom is 0.214 e. The van der Waals surface area contributed by atoms with Gasteiger partial charge in [0, 0.05) is 55.5 Å². The van der Waals surface area contributed by atoms with Crippen LogP contribution >= 0.6 is 94.1 Å². The lowest BCUT2D eigenvalue weighted by molar-refractivity contribution is -0.108. The Balaban J connectivity index is 1.27. The first-order valence-electron chi connectivity index (χ1n) is 11.7. The number of hydrogen-bond donors (Lipinski definition) is 0. The Labute approximate surface area is 240 Å². The molecule has 0 aromatic carbocycles. The van der Waals surface area contributed by atoms with Gasteiger partial charge in [0.2, 0.25) is 10.2 Å². The molecule has 1 aliphatic carbocycles. The molecule has 0 radical (unpaired) electrons. The maximum atomic E-state index is 11.8. The molecule has 0 spiro atoms. The van der Waals surface area contributed by atoms with Crippen molar-refractivity contribution in [2.24, 2.45) is 0 Å². The molecule has 10 heteroatoms. The zero-order valence-electron chi connectivity index (χ0n) is 20.0. The van der Waals surface area contributed by atoms with Gasteiger partial charge >= 0.3 is 0 Å². The van der Waals surface area contributed by atoms with Crippen molar-refractivity contribution in [3.8, 4) is 0 Å². The summed E-state index contributed by atoms with van der Waals surface area (Å²) in [6.07, 6.45) is 5.48. The van der Waals surface area contributed by atoms with E-state index in [0.717, 1.165) is 22.0 Å². The third-order valence-corrected chi connectivity index (χ3v) is 18.7. The summed E-state index contributed by atoms with van der Waals surface area (Å²) in [5.74, 6) is 6.68. The smallest absolute Gasteiger partial charge is 0.214 e. The lowest BCUT2D eigenvalue weighted by Crippen LogP contribution is -2.21. The normalized spacial score (nSPS) is 31.5. The number of carbonyl (C=O) groups is 2. The van der Waals surface area contributed by atoms with Crippen LogP contribution in [0, 0.1) is 0 Å². The molecule has 2 heterocycles. The molecule has 6 atom stereocenters. The molecular formula is C24H36O2S8. The lowest BCUT2D eigenvalue weighted by atomic mass is 10.00. The summed E-state index contributed by atoms with van der Waals surface area (Å²) in [6, 6.07) is 0. The van der Waals surface area contributed by atoms with Crippen LogP contribution in [0.3, 0.4) is 0 Å². The second-order valence-electron chi connectivity index (χ2n) is 8.88. The van der Waals surface area contributed by atoms with Crippen molar-refractivity contribution in [1.29, 1.82) is 0 Å². The predicted octanol–water partition coefficient (Wildman–Crippen LogP) is 7.79. The van der Waals surface area contributed by atoms with Gasteiger partial charge in [0.15, 0.2) is 0 Å². The summed E-state index contributed by atoms with van der Waals surface area (Å²) in [6.45, 7) is 11.1. The Morgan fingerprint density at radius 3 is 1.62 bits per heavy atom. The van der Waals surface area contributed by atoms with Crippen LogP contribution in [0.25, 0.3) is 0 Å². The Hall–Kier alpha value is 1.62. The minimum absolute atomic E-state index is 0.149. The highest BCUT2D eigenvalue weighted by Gasteiger charge is 2.31. The summed E-state index contributed by atoms with van der Waals surface area (Å²) >= 11 is 15.7. The molecule has 2 nitrogen and oxygen atoms in total. The average molecular weight is 613 g/mol. The number of rotatable bonds is 12. The summed E-state index contributed by atoms with van der Waals surface area (Å²) in [5, 5.41) is 3.12. The van der Waals surface area contributed by atoms with Gasteiger partial charge in [-0.15, -0.1) is 47.0 Å². The molecule has 0 bridgehead atoms. The average Bonchev–Trinajstić information content (AvgIpc) is 3.47. The Morgan fingerprint density at radius 1 is 0.765 bits per heavy atom. The van der Waals surface area contributed by atoms with Gasteiger partial charge in [-0.1, -0.05) is 43.1 Å². The second kappa shape index (κ2) is 15.9. The number of hydrogen-bond acceptors (Lipinski definition) is 10. The van der Waals surface area contributed by atoms with E-state index in [9.17, 15) is 9.59 Å². The molecule has 3 aliphatic rings. The summed E-state index contributed by atoms with van der Waals surface area (Å²) in [7, 11) is 0. The quantitative estimate of drug-likeness (QED) is 0.204. The van der Waals surface area contributed by atoms with Gasteiger partial charge in [-0.05, 0) is 44.3 Å². The van der Waals surface area contributed by atoms with E-state index in [-0.39, 0.29) is 10.2 Å². The third kappa shape index (κ3) is 10.8. The highest BCUT2D eigenvalue weighted by Crippen LogP contribution is 2.45. The fourth-order valence-electron chi connectivity index (χ4n) is 3.78. The largest absolute Gasteiger partial charge is 0.282 e. The van der Waals surface area contributed by atoms with Crippen LogP contribution in [0.2, 0.25) is 0 Å². The van der Waals surface area contributed by atoms with Crippen molar-refractivity contribution < 1.29 is 9.59 Å². The maximum absolute atomic E-state index is 11.8. The second-order valence-corrected chi connectivity index (χ2v) is 19.6. The molecular weight excluding hydrogens is 577 g/mol. The van der Waals surface area contributed by atoms with E-state index in [2.05, 4.69) is 83.7 Å². The fraction of sp³-hybridized carbons (Fsp3) is 0.750. The van der Waals surface area contributed by atoms with Crippen LogP contribution in [0.15, 0.2) is 24.3 Å². The van der Waals surface area contributed by atoms with Crippen LogP contribution < -0.4 is 0 Å². The summed E-state index contributed by atoms with van der Waals surface area (Å²) < 4.78 is 1.36. The molecule has 192 valence electrons. The Kier molecular flexibility index (Phi) is 14.1. The lowest BCUT2D eigenvalue weighted by Gasteiger charge is -2.29. The van der Waals surface area contributed by atoms with Crippen molar-refractivity contribution in [3.05, 3.63) is 24.3 Å². The van der Waals surface area contributed by atoms with Gasteiger partial charge in [0.25, 0.3) is 0 Å². The first-order chi connectivity index (χ1) is 16.3. The predicted molar refractivity (Wildman–Crippen MR) is 171 cm³/mol.